The zero-order valence-electron chi connectivity index (χ0n) is 24.2. The van der Waals surface area contributed by atoms with Crippen molar-refractivity contribution in [3.63, 3.8) is 0 Å². The minimum Gasteiger partial charge on any atom is -0.341 e. The van der Waals surface area contributed by atoms with E-state index in [4.69, 9.17) is 9.98 Å². The predicted molar refractivity (Wildman–Crippen MR) is 145 cm³/mol. The predicted octanol–water partition coefficient (Wildman–Crippen LogP) is 5.39. The average molecular weight is 473 g/mol. The van der Waals surface area contributed by atoms with Gasteiger partial charge >= 0.3 is 0 Å². The van der Waals surface area contributed by atoms with E-state index >= 15 is 0 Å². The van der Waals surface area contributed by atoms with Gasteiger partial charge in [-0.2, -0.15) is 0 Å². The number of guanidine groups is 1. The van der Waals surface area contributed by atoms with E-state index in [1.165, 1.54) is 43.0 Å². The van der Waals surface area contributed by atoms with Crippen LogP contribution in [0.5, 0.6) is 0 Å². The number of nitrogens with zero attached hydrogens (tertiary/aromatic N) is 6. The molecule has 0 bridgehead atoms. The van der Waals surface area contributed by atoms with Gasteiger partial charge in [0.2, 0.25) is 5.62 Å². The lowest BCUT2D eigenvalue weighted by Crippen LogP contribution is -2.37. The van der Waals surface area contributed by atoms with E-state index in [9.17, 15) is 0 Å². The summed E-state index contributed by atoms with van der Waals surface area (Å²) < 4.78 is 4.66. The van der Waals surface area contributed by atoms with Crippen molar-refractivity contribution in [3.8, 4) is 0 Å². The SMILES string of the molecule is CC(C)c1c(C(C)CCC(C)(C)N=C2N(C)C3CCCCC3N2C)n(C)/c(=N\C(C)(C)C)n1C. The molecule has 0 aromatic carbocycles. The number of likely N-dealkylation sites (N-methyl/N-ethyl adjacent to an activating group) is 2. The number of aliphatic imine (C=N–C) groups is 1. The first-order valence-electron chi connectivity index (χ1n) is 13.5. The lowest BCUT2D eigenvalue weighted by atomic mass is 9.90. The largest absolute Gasteiger partial charge is 0.341 e. The third-order valence-corrected chi connectivity index (χ3v) is 7.95. The monoisotopic (exact) mass is 472 g/mol. The Kier molecular flexibility index (Phi) is 7.69. The highest BCUT2D eigenvalue weighted by atomic mass is 15.5. The minimum absolute atomic E-state index is 0.0937. The maximum atomic E-state index is 5.35. The van der Waals surface area contributed by atoms with Crippen LogP contribution in [0, 0.1) is 0 Å². The van der Waals surface area contributed by atoms with Gasteiger partial charge in [0.05, 0.1) is 23.2 Å². The summed E-state index contributed by atoms with van der Waals surface area (Å²) in [5, 5.41) is 0. The fraction of sp³-hybridized carbons (Fsp3) is 0.857. The zero-order valence-corrected chi connectivity index (χ0v) is 24.2. The molecule has 1 saturated heterocycles. The Morgan fingerprint density at radius 3 is 1.76 bits per heavy atom. The topological polar surface area (TPSA) is 41.1 Å². The van der Waals surface area contributed by atoms with E-state index in [1.807, 2.05) is 0 Å². The second-order valence-corrected chi connectivity index (χ2v) is 12.9. The zero-order chi connectivity index (χ0) is 25.6. The smallest absolute Gasteiger partial charge is 0.205 e. The molecule has 1 aliphatic carbocycles. The normalized spacial score (nSPS) is 23.2. The molecule has 3 atom stereocenters. The van der Waals surface area contributed by atoms with E-state index < -0.39 is 0 Å². The third-order valence-electron chi connectivity index (χ3n) is 7.95. The molecule has 2 fully saturated rings. The van der Waals surface area contributed by atoms with Crippen molar-refractivity contribution in [3.05, 3.63) is 17.0 Å². The summed E-state index contributed by atoms with van der Waals surface area (Å²) in [7, 11) is 8.88. The van der Waals surface area contributed by atoms with Crippen LogP contribution in [-0.2, 0) is 14.1 Å². The molecule has 1 saturated carbocycles. The minimum atomic E-state index is -0.104. The fourth-order valence-corrected chi connectivity index (χ4v) is 6.23. The maximum absolute atomic E-state index is 5.35. The Morgan fingerprint density at radius 2 is 1.29 bits per heavy atom. The maximum Gasteiger partial charge on any atom is 0.205 e. The van der Waals surface area contributed by atoms with E-state index in [0.717, 1.165) is 18.5 Å². The van der Waals surface area contributed by atoms with Crippen LogP contribution in [0.4, 0.5) is 0 Å². The van der Waals surface area contributed by atoms with Crippen LogP contribution < -0.4 is 5.62 Å². The molecule has 2 heterocycles. The molecule has 3 rings (SSSR count). The quantitative estimate of drug-likeness (QED) is 0.557. The summed E-state index contributed by atoms with van der Waals surface area (Å²) in [6, 6.07) is 1.27. The summed E-state index contributed by atoms with van der Waals surface area (Å²) in [5.41, 5.74) is 3.69. The first-order chi connectivity index (χ1) is 15.6. The second-order valence-electron chi connectivity index (χ2n) is 12.9. The number of rotatable bonds is 6. The molecular formula is C28H52N6. The van der Waals surface area contributed by atoms with E-state index in [-0.39, 0.29) is 11.1 Å². The van der Waals surface area contributed by atoms with Gasteiger partial charge < -0.3 is 18.9 Å². The summed E-state index contributed by atoms with van der Waals surface area (Å²) in [6.07, 6.45) is 7.47. The van der Waals surface area contributed by atoms with Gasteiger partial charge in [-0.3, -0.25) is 0 Å². The lowest BCUT2D eigenvalue weighted by Gasteiger charge is -2.29. The van der Waals surface area contributed by atoms with E-state index in [2.05, 4.69) is 103 Å². The van der Waals surface area contributed by atoms with Crippen LogP contribution >= 0.6 is 0 Å². The summed E-state index contributed by atoms with van der Waals surface area (Å²) >= 11 is 0. The molecule has 0 N–H and O–H groups in total. The molecule has 0 spiro atoms. The number of imidazole rings is 1. The molecular weight excluding hydrogens is 420 g/mol. The van der Waals surface area contributed by atoms with Crippen molar-refractivity contribution in [2.45, 2.75) is 129 Å². The molecule has 34 heavy (non-hydrogen) atoms. The van der Waals surface area contributed by atoms with Crippen LogP contribution in [0.15, 0.2) is 9.98 Å². The van der Waals surface area contributed by atoms with Crippen LogP contribution in [0.3, 0.4) is 0 Å². The van der Waals surface area contributed by atoms with Crippen molar-refractivity contribution in [1.82, 2.24) is 18.9 Å². The van der Waals surface area contributed by atoms with Gasteiger partial charge in [0.25, 0.3) is 0 Å². The Hall–Kier alpha value is -1.72. The summed E-state index contributed by atoms with van der Waals surface area (Å²) in [5.74, 6) is 2.09. The molecule has 1 aliphatic heterocycles. The van der Waals surface area contributed by atoms with E-state index in [0.29, 0.717) is 23.9 Å². The van der Waals surface area contributed by atoms with E-state index in [1.54, 1.807) is 0 Å². The molecule has 1 aromatic heterocycles. The molecule has 194 valence electrons. The molecule has 0 amide bonds. The first-order valence-corrected chi connectivity index (χ1v) is 13.5. The van der Waals surface area contributed by atoms with Gasteiger partial charge in [-0.25, -0.2) is 9.98 Å². The van der Waals surface area contributed by atoms with Crippen molar-refractivity contribution in [2.24, 2.45) is 24.1 Å². The standard InChI is InChI=1S/C28H52N6/c1-19(2)23-24(34(12)25(33(23)11)29-27(4,5)6)20(3)17-18-28(7,8)30-26-31(9)21-15-13-14-16-22(21)32(26)10/h19-22H,13-18H2,1-12H3/b29-25-,30-26?. The third kappa shape index (κ3) is 5.41. The van der Waals surface area contributed by atoms with Crippen LogP contribution in [0.25, 0.3) is 0 Å². The molecule has 0 radical (unpaired) electrons. The van der Waals surface area contributed by atoms with Crippen LogP contribution in [0.1, 0.15) is 117 Å². The number of aromatic nitrogens is 2. The highest BCUT2D eigenvalue weighted by Crippen LogP contribution is 2.35. The summed E-state index contributed by atoms with van der Waals surface area (Å²) in [4.78, 5) is 15.3. The first kappa shape index (κ1) is 26.9. The Labute approximate surface area is 209 Å². The Bertz CT molecular complexity index is 935. The molecule has 1 aromatic rings. The number of hydrogen-bond acceptors (Lipinski definition) is 2. The van der Waals surface area contributed by atoms with Crippen molar-refractivity contribution in [1.29, 1.82) is 0 Å². The van der Waals surface area contributed by atoms with Crippen molar-refractivity contribution < 1.29 is 0 Å². The van der Waals surface area contributed by atoms with Crippen molar-refractivity contribution >= 4 is 5.96 Å². The van der Waals surface area contributed by atoms with Gasteiger partial charge in [0.1, 0.15) is 0 Å². The molecule has 2 aliphatic rings. The second kappa shape index (κ2) is 9.73. The lowest BCUT2D eigenvalue weighted by molar-refractivity contribution is 0.233. The molecule has 6 heteroatoms. The van der Waals surface area contributed by atoms with Gasteiger partial charge in [-0.15, -0.1) is 0 Å². The van der Waals surface area contributed by atoms with Crippen LogP contribution in [0.2, 0.25) is 0 Å². The fourth-order valence-electron chi connectivity index (χ4n) is 6.23. The van der Waals surface area contributed by atoms with Gasteiger partial charge in [0, 0.05) is 39.6 Å². The Balaban J connectivity index is 1.84. The number of hydrogen-bond donors (Lipinski definition) is 0. The van der Waals surface area contributed by atoms with Crippen LogP contribution in [-0.4, -0.2) is 62.2 Å². The number of fused-ring (bicyclic) bond motifs is 1. The van der Waals surface area contributed by atoms with Gasteiger partial charge in [-0.1, -0.05) is 33.6 Å². The Morgan fingerprint density at radius 1 is 0.794 bits per heavy atom. The average Bonchev–Trinajstić information content (AvgIpc) is 3.11. The van der Waals surface area contributed by atoms with Crippen molar-refractivity contribution in [2.75, 3.05) is 14.1 Å². The highest BCUT2D eigenvalue weighted by Gasteiger charge is 2.42. The molecule has 6 nitrogen and oxygen atoms in total. The molecule has 3 unspecified atom stereocenters. The highest BCUT2D eigenvalue weighted by molar-refractivity contribution is 5.83. The van der Waals surface area contributed by atoms with Gasteiger partial charge in [0.15, 0.2) is 5.96 Å². The summed E-state index contributed by atoms with van der Waals surface area (Å²) in [6.45, 7) is 18.1. The van der Waals surface area contributed by atoms with Gasteiger partial charge in [-0.05, 0) is 72.1 Å².